The lowest BCUT2D eigenvalue weighted by atomic mass is 10.1. The maximum Gasteiger partial charge on any atom is 0.417 e. The fourth-order valence-corrected chi connectivity index (χ4v) is 6.47. The molecule has 5 rings (SSSR count). The zero-order valence-electron chi connectivity index (χ0n) is 25.6. The van der Waals surface area contributed by atoms with Gasteiger partial charge in [-0.3, -0.25) is 9.78 Å². The van der Waals surface area contributed by atoms with E-state index in [1.165, 1.54) is 35.7 Å². The minimum atomic E-state index is -4.66. The van der Waals surface area contributed by atoms with Crippen LogP contribution in [0.4, 0.5) is 30.2 Å². The molecule has 0 saturated heterocycles. The lowest BCUT2D eigenvalue weighted by Crippen LogP contribution is -2.13. The molecule has 5 aromatic rings. The summed E-state index contributed by atoms with van der Waals surface area (Å²) in [6.07, 6.45) is -0.225. The van der Waals surface area contributed by atoms with Crippen molar-refractivity contribution < 1.29 is 22.7 Å². The molecule has 47 heavy (non-hydrogen) atoms. The van der Waals surface area contributed by atoms with Crippen LogP contribution in [0.2, 0.25) is 0 Å². The number of amides is 1. The quantitative estimate of drug-likeness (QED) is 0.134. The van der Waals surface area contributed by atoms with Gasteiger partial charge in [0.05, 0.1) is 40.3 Å². The van der Waals surface area contributed by atoms with Crippen LogP contribution in [0, 0.1) is 11.3 Å². The molecule has 2 aromatic heterocycles. The zero-order valence-corrected chi connectivity index (χ0v) is 27.2. The Labute approximate surface area is 277 Å². The van der Waals surface area contributed by atoms with Crippen LogP contribution in [-0.2, 0) is 11.0 Å². The number of thiazole rings is 1. The monoisotopic (exact) mass is 674 g/mol. The van der Waals surface area contributed by atoms with E-state index in [0.717, 1.165) is 23.4 Å². The van der Waals surface area contributed by atoms with Crippen molar-refractivity contribution in [2.45, 2.75) is 22.3 Å². The molecule has 0 aliphatic heterocycles. The average Bonchev–Trinajstić information content (AvgIpc) is 3.51. The van der Waals surface area contributed by atoms with Gasteiger partial charge in [-0.25, -0.2) is 4.98 Å². The predicted molar refractivity (Wildman–Crippen MR) is 180 cm³/mol. The maximum atomic E-state index is 14.4. The Morgan fingerprint density at radius 2 is 1.94 bits per heavy atom. The summed E-state index contributed by atoms with van der Waals surface area (Å²) in [5.74, 6) is -0.0408. The fourth-order valence-electron chi connectivity index (χ4n) is 4.56. The first kappa shape index (κ1) is 33.5. The number of likely N-dealkylation sites (N-methyl/N-ethyl adjacent to an activating group) is 1. The van der Waals surface area contributed by atoms with Crippen molar-refractivity contribution in [2.75, 3.05) is 37.9 Å². The van der Waals surface area contributed by atoms with Crippen LogP contribution >= 0.6 is 23.1 Å². The molecule has 0 radical (unpaired) electrons. The highest BCUT2D eigenvalue weighted by Gasteiger charge is 2.34. The summed E-state index contributed by atoms with van der Waals surface area (Å²) in [4.78, 5) is 23.5. The maximum absolute atomic E-state index is 14.4. The molecule has 2 heterocycles. The third kappa shape index (κ3) is 8.28. The van der Waals surface area contributed by atoms with E-state index in [9.17, 15) is 23.2 Å². The Hall–Kier alpha value is -4.90. The molecule has 240 valence electrons. The summed E-state index contributed by atoms with van der Waals surface area (Å²) in [5.41, 5.74) is 1.90. The van der Waals surface area contributed by atoms with Gasteiger partial charge in [0.1, 0.15) is 11.8 Å². The van der Waals surface area contributed by atoms with Crippen molar-refractivity contribution in [3.8, 4) is 23.1 Å². The minimum Gasteiger partial charge on any atom is -0.492 e. The number of carbonyl (C=O) groups excluding carboxylic acids is 1. The number of nitriles is 1. The summed E-state index contributed by atoms with van der Waals surface area (Å²) in [6, 6.07) is 18.6. The van der Waals surface area contributed by atoms with Crippen LogP contribution in [0.3, 0.4) is 0 Å². The average molecular weight is 675 g/mol. The second kappa shape index (κ2) is 14.7. The third-order valence-electron chi connectivity index (χ3n) is 6.69. The lowest BCUT2D eigenvalue weighted by molar-refractivity contribution is -0.139. The zero-order chi connectivity index (χ0) is 33.6. The number of carbonyl (C=O) groups is 1. The van der Waals surface area contributed by atoms with Crippen LogP contribution in [0.15, 0.2) is 93.6 Å². The molecule has 0 spiro atoms. The first-order valence-electron chi connectivity index (χ1n) is 14.3. The van der Waals surface area contributed by atoms with Crippen LogP contribution < -0.4 is 15.4 Å². The highest BCUT2D eigenvalue weighted by atomic mass is 32.2. The molecule has 0 saturated carbocycles. The second-order valence-corrected chi connectivity index (χ2v) is 12.6. The molecule has 0 bridgehead atoms. The van der Waals surface area contributed by atoms with Crippen LogP contribution in [0.25, 0.3) is 22.2 Å². The van der Waals surface area contributed by atoms with Crippen LogP contribution in [0.1, 0.15) is 18.1 Å². The summed E-state index contributed by atoms with van der Waals surface area (Å²) in [7, 11) is 3.75. The molecular weight excluding hydrogens is 646 g/mol. The molecule has 0 atom stereocenters. The fraction of sp³-hybridized carbons (Fsp3) is 0.176. The molecule has 1 amide bonds. The van der Waals surface area contributed by atoms with E-state index < -0.39 is 17.6 Å². The molecule has 8 nitrogen and oxygen atoms in total. The smallest absolute Gasteiger partial charge is 0.417 e. The molecular formula is C34H29F3N6O2S2. The number of ether oxygens (including phenoxy) is 1. The van der Waals surface area contributed by atoms with Gasteiger partial charge in [-0.15, -0.1) is 11.3 Å². The molecule has 0 fully saturated rings. The van der Waals surface area contributed by atoms with E-state index in [1.54, 1.807) is 25.1 Å². The summed E-state index contributed by atoms with van der Waals surface area (Å²) < 4.78 is 49.4. The predicted octanol–water partition coefficient (Wildman–Crippen LogP) is 8.60. The van der Waals surface area contributed by atoms with Gasteiger partial charge in [-0.2, -0.15) is 18.4 Å². The Balaban J connectivity index is 1.50. The first-order chi connectivity index (χ1) is 22.5. The SMILES string of the molecule is CCOc1cc2ncc(C#N)c(Nc3ccc(Sc4nc(-c5ccccc5)cs4)c(C(F)(F)F)c3)c2cc1NC(=O)C=CCN(C)C. The van der Waals surface area contributed by atoms with Gasteiger partial charge >= 0.3 is 6.18 Å². The molecule has 0 unspecified atom stereocenters. The number of pyridine rings is 1. The van der Waals surface area contributed by atoms with Crippen molar-refractivity contribution in [1.82, 2.24) is 14.9 Å². The van der Waals surface area contributed by atoms with Crippen molar-refractivity contribution >= 4 is 57.0 Å². The first-order valence-corrected chi connectivity index (χ1v) is 16.0. The van der Waals surface area contributed by atoms with Gasteiger partial charge in [0.25, 0.3) is 0 Å². The number of halogens is 3. The van der Waals surface area contributed by atoms with E-state index in [1.807, 2.05) is 54.7 Å². The standard InChI is InChI=1S/C34H29F3N6O2S2/c1-4-45-29-17-26-24(16-27(29)41-31(44)11-8-14-43(2)3)32(22(18-38)19-39-26)40-23-12-13-30(25(15-23)34(35,36)37)47-33-42-28(20-46-33)21-9-6-5-7-10-21/h5-13,15-17,19-20H,4,14H2,1-3H3,(H,39,40)(H,41,44). The number of aromatic nitrogens is 2. The van der Waals surface area contributed by atoms with Crippen molar-refractivity contribution in [3.63, 3.8) is 0 Å². The largest absolute Gasteiger partial charge is 0.492 e. The number of hydrogen-bond acceptors (Lipinski definition) is 9. The Bertz CT molecular complexity index is 1970. The number of rotatable bonds is 11. The molecule has 0 aliphatic rings. The summed E-state index contributed by atoms with van der Waals surface area (Å²) in [5, 5.41) is 17.9. The number of fused-ring (bicyclic) bond motifs is 1. The van der Waals surface area contributed by atoms with E-state index in [-0.39, 0.29) is 21.8 Å². The van der Waals surface area contributed by atoms with Gasteiger partial charge < -0.3 is 20.3 Å². The Morgan fingerprint density at radius 1 is 1.15 bits per heavy atom. The van der Waals surface area contributed by atoms with Crippen molar-refractivity contribution in [3.05, 3.63) is 95.5 Å². The van der Waals surface area contributed by atoms with Crippen LogP contribution in [-0.4, -0.2) is 48.0 Å². The number of alkyl halides is 3. The lowest BCUT2D eigenvalue weighted by Gasteiger charge is -2.17. The van der Waals surface area contributed by atoms with Gasteiger partial charge in [-0.1, -0.05) is 48.2 Å². The molecule has 13 heteroatoms. The summed E-state index contributed by atoms with van der Waals surface area (Å²) in [6.45, 7) is 2.66. The molecule has 2 N–H and O–H groups in total. The van der Waals surface area contributed by atoms with Gasteiger partial charge in [0, 0.05) is 51.8 Å². The topological polar surface area (TPSA) is 103 Å². The third-order valence-corrected chi connectivity index (χ3v) is 8.71. The Morgan fingerprint density at radius 3 is 2.64 bits per heavy atom. The van der Waals surface area contributed by atoms with Gasteiger partial charge in [0.15, 0.2) is 4.34 Å². The number of anilines is 3. The van der Waals surface area contributed by atoms with Gasteiger partial charge in [0.2, 0.25) is 5.91 Å². The van der Waals surface area contributed by atoms with Crippen LogP contribution in [0.5, 0.6) is 5.75 Å². The molecule has 0 aliphatic carbocycles. The van der Waals surface area contributed by atoms with Gasteiger partial charge in [-0.05, 0) is 45.3 Å². The Kier molecular flexibility index (Phi) is 10.5. The number of nitrogens with one attached hydrogen (secondary N) is 2. The van der Waals surface area contributed by atoms with Crippen molar-refractivity contribution in [2.24, 2.45) is 0 Å². The number of hydrogen-bond donors (Lipinski definition) is 2. The highest BCUT2D eigenvalue weighted by molar-refractivity contribution is 8.01. The highest BCUT2D eigenvalue weighted by Crippen LogP contribution is 2.43. The minimum absolute atomic E-state index is 0.00854. The van der Waals surface area contributed by atoms with E-state index in [2.05, 4.69) is 26.7 Å². The second-order valence-electron chi connectivity index (χ2n) is 10.4. The summed E-state index contributed by atoms with van der Waals surface area (Å²) >= 11 is 2.20. The number of benzene rings is 3. The van der Waals surface area contributed by atoms with E-state index >= 15 is 0 Å². The van der Waals surface area contributed by atoms with E-state index in [0.29, 0.717) is 45.5 Å². The van der Waals surface area contributed by atoms with E-state index in [4.69, 9.17) is 4.74 Å². The molecule has 3 aromatic carbocycles. The van der Waals surface area contributed by atoms with Crippen molar-refractivity contribution in [1.29, 1.82) is 5.26 Å². The normalized spacial score (nSPS) is 11.6. The number of nitrogens with zero attached hydrogens (tertiary/aromatic N) is 4.